The molecule has 0 aliphatic carbocycles. The summed E-state index contributed by atoms with van der Waals surface area (Å²) < 4.78 is 67.5. The first-order chi connectivity index (χ1) is 19.8. The van der Waals surface area contributed by atoms with Gasteiger partial charge in [-0.1, -0.05) is 16.8 Å². The lowest BCUT2D eigenvalue weighted by molar-refractivity contribution is -0.291. The Labute approximate surface area is 239 Å². The summed E-state index contributed by atoms with van der Waals surface area (Å²) in [5.74, 6) is -6.23. The second-order valence-electron chi connectivity index (χ2n) is 9.01. The number of nitrogens with one attached hydrogen (secondary N) is 1. The zero-order valence-electron chi connectivity index (χ0n) is 21.9. The molecule has 0 saturated heterocycles. The number of halogens is 6. The summed E-state index contributed by atoms with van der Waals surface area (Å²) >= 11 is 6.29. The molecule has 0 aliphatic heterocycles. The van der Waals surface area contributed by atoms with E-state index in [4.69, 9.17) is 11.6 Å². The van der Waals surface area contributed by atoms with E-state index in [1.165, 1.54) is 36.5 Å². The highest BCUT2D eigenvalue weighted by Gasteiger charge is 2.60. The van der Waals surface area contributed by atoms with E-state index in [0.717, 1.165) is 4.68 Å². The molecule has 4 aromatic rings. The fourth-order valence-electron chi connectivity index (χ4n) is 4.06. The largest absolute Gasteiger partial charge is 0.459 e. The molecule has 0 aliphatic rings. The Bertz CT molecular complexity index is 1710. The number of aryl methyl sites for hydroxylation is 1. The first-order valence-electron chi connectivity index (χ1n) is 12.2. The van der Waals surface area contributed by atoms with Gasteiger partial charge in [0.15, 0.2) is 17.3 Å². The number of hydrogen-bond donors (Lipinski definition) is 1. The average Bonchev–Trinajstić information content (AvgIpc) is 3.57. The Balaban J connectivity index is 1.75. The predicted molar refractivity (Wildman–Crippen MR) is 137 cm³/mol. The summed E-state index contributed by atoms with van der Waals surface area (Å²) in [5, 5.41) is 22.7. The molecule has 42 heavy (non-hydrogen) atoms. The van der Waals surface area contributed by atoms with Crippen molar-refractivity contribution in [3.63, 3.8) is 0 Å². The number of Topliss-reactive ketones (excluding diaryl/α,β-unsaturated/α-hetero) is 1. The fraction of sp³-hybridized carbons (Fsp3) is 0.269. The summed E-state index contributed by atoms with van der Waals surface area (Å²) in [7, 11) is 0. The van der Waals surface area contributed by atoms with Gasteiger partial charge in [-0.3, -0.25) is 9.59 Å². The molecule has 3 aromatic heterocycles. The number of amides is 1. The minimum Gasteiger partial charge on any atom is -0.352 e. The molecule has 16 heteroatoms. The molecule has 0 bridgehead atoms. The lowest BCUT2D eigenvalue weighted by atomic mass is 9.93. The fourth-order valence-corrected chi connectivity index (χ4v) is 4.26. The van der Waals surface area contributed by atoms with Gasteiger partial charge in [-0.2, -0.15) is 32.3 Å². The number of pyridine rings is 1. The number of carbonyl (C=O) groups excluding carboxylic acids is 2. The number of hydrogen-bond acceptors (Lipinski definition) is 7. The molecule has 0 fully saturated rings. The van der Waals surface area contributed by atoms with Gasteiger partial charge in [-0.05, 0) is 55.3 Å². The van der Waals surface area contributed by atoms with Gasteiger partial charge in [-0.15, -0.1) is 5.10 Å². The predicted octanol–water partition coefficient (Wildman–Crippen LogP) is 4.57. The second kappa shape index (κ2) is 11.6. The number of aromatic nitrogens is 6. The van der Waals surface area contributed by atoms with E-state index in [1.54, 1.807) is 13.8 Å². The maximum Gasteiger partial charge on any atom is 0.459 e. The van der Waals surface area contributed by atoms with Crippen molar-refractivity contribution in [3.8, 4) is 11.9 Å². The van der Waals surface area contributed by atoms with Crippen molar-refractivity contribution in [3.05, 3.63) is 87.1 Å². The van der Waals surface area contributed by atoms with Crippen LogP contribution >= 0.6 is 11.6 Å². The summed E-state index contributed by atoms with van der Waals surface area (Å²) in [6.07, 6.45) is -4.37. The third kappa shape index (κ3) is 5.98. The highest BCUT2D eigenvalue weighted by atomic mass is 35.5. The van der Waals surface area contributed by atoms with Gasteiger partial charge in [0.25, 0.3) is 5.91 Å². The third-order valence-corrected chi connectivity index (χ3v) is 6.34. The van der Waals surface area contributed by atoms with Crippen molar-refractivity contribution in [2.75, 3.05) is 6.54 Å². The molecule has 0 atom stereocenters. The van der Waals surface area contributed by atoms with Crippen LogP contribution in [-0.4, -0.2) is 54.2 Å². The molecule has 0 unspecified atom stereocenters. The molecular formula is C26H20ClF5N8O2. The normalized spacial score (nSPS) is 11.8. The van der Waals surface area contributed by atoms with E-state index in [1.807, 2.05) is 6.07 Å². The molecule has 1 aromatic carbocycles. The molecule has 1 N–H and O–H groups in total. The third-order valence-electron chi connectivity index (χ3n) is 6.05. The molecule has 0 saturated carbocycles. The van der Waals surface area contributed by atoms with E-state index in [0.29, 0.717) is 28.6 Å². The molecule has 1 amide bonds. The number of ketones is 1. The van der Waals surface area contributed by atoms with Gasteiger partial charge >= 0.3 is 12.1 Å². The topological polar surface area (TPSA) is 131 Å². The zero-order valence-corrected chi connectivity index (χ0v) is 22.6. The van der Waals surface area contributed by atoms with Crippen molar-refractivity contribution in [2.45, 2.75) is 38.9 Å². The van der Waals surface area contributed by atoms with Gasteiger partial charge in [0.1, 0.15) is 5.69 Å². The highest BCUT2D eigenvalue weighted by Crippen LogP contribution is 2.42. The van der Waals surface area contributed by atoms with Crippen molar-refractivity contribution in [1.29, 1.82) is 5.26 Å². The summed E-state index contributed by atoms with van der Waals surface area (Å²) in [5.41, 5.74) is -0.434. The van der Waals surface area contributed by atoms with Gasteiger partial charge < -0.3 is 5.32 Å². The van der Waals surface area contributed by atoms with Crippen LogP contribution in [0.1, 0.15) is 55.8 Å². The molecule has 10 nitrogen and oxygen atoms in total. The van der Waals surface area contributed by atoms with Crippen LogP contribution in [-0.2, 0) is 18.9 Å². The summed E-state index contributed by atoms with van der Waals surface area (Å²) in [6, 6.07) is 9.18. The standard InChI is InChI=1S/C26H20ClF5N8O2/c1-3-34-24(42)18-8-15(11-33)7-14(2)17(18)10-21(41)20-9-16(37-40(20)23-19(27)5-4-6-35-23)12-39-13-22(36-38-39)25(28,29)26(30,31)32/h4-9,13H,3,10,12H2,1-2H3,(H,34,42). The monoisotopic (exact) mass is 606 g/mol. The Morgan fingerprint density at radius 2 is 1.90 bits per heavy atom. The molecule has 4 rings (SSSR count). The van der Waals surface area contributed by atoms with Gasteiger partial charge in [-0.25, -0.2) is 14.3 Å². The number of rotatable bonds is 9. The van der Waals surface area contributed by atoms with Gasteiger partial charge in [0.05, 0.1) is 35.1 Å². The van der Waals surface area contributed by atoms with Crippen molar-refractivity contribution in [1.82, 2.24) is 35.1 Å². The molecule has 218 valence electrons. The number of carbonyl (C=O) groups is 2. The summed E-state index contributed by atoms with van der Waals surface area (Å²) in [6.45, 7) is 3.22. The average molecular weight is 607 g/mol. The number of benzene rings is 1. The number of alkyl halides is 5. The van der Waals surface area contributed by atoms with Crippen molar-refractivity contribution >= 4 is 23.3 Å². The van der Waals surface area contributed by atoms with E-state index < -0.39 is 36.0 Å². The first-order valence-corrected chi connectivity index (χ1v) is 12.5. The van der Waals surface area contributed by atoms with Crippen LogP contribution in [0.5, 0.6) is 0 Å². The molecular weight excluding hydrogens is 587 g/mol. The van der Waals surface area contributed by atoms with E-state index in [2.05, 4.69) is 25.7 Å². The molecule has 0 radical (unpaired) electrons. The van der Waals surface area contributed by atoms with E-state index in [-0.39, 0.29) is 39.8 Å². The van der Waals surface area contributed by atoms with E-state index >= 15 is 0 Å². The zero-order chi connectivity index (χ0) is 30.8. The van der Waals surface area contributed by atoms with Crippen LogP contribution in [0, 0.1) is 18.3 Å². The lowest BCUT2D eigenvalue weighted by Gasteiger charge is -2.16. The van der Waals surface area contributed by atoms with E-state index in [9.17, 15) is 36.8 Å². The SMILES string of the molecule is CCNC(=O)c1cc(C#N)cc(C)c1CC(=O)c1cc(Cn2cc(C(F)(F)C(F)(F)F)nn2)nn1-c1ncccc1Cl. The van der Waals surface area contributed by atoms with Crippen LogP contribution < -0.4 is 5.32 Å². The Morgan fingerprint density at radius 3 is 2.55 bits per heavy atom. The quantitative estimate of drug-likeness (QED) is 0.218. The van der Waals surface area contributed by atoms with Gasteiger partial charge in [0.2, 0.25) is 0 Å². The van der Waals surface area contributed by atoms with Crippen molar-refractivity contribution in [2.24, 2.45) is 0 Å². The summed E-state index contributed by atoms with van der Waals surface area (Å²) in [4.78, 5) is 30.6. The van der Waals surface area contributed by atoms with Crippen molar-refractivity contribution < 1.29 is 31.5 Å². The maximum atomic E-state index is 13.7. The van der Waals surface area contributed by atoms with Gasteiger partial charge in [0, 0.05) is 24.7 Å². The Morgan fingerprint density at radius 1 is 1.17 bits per heavy atom. The number of nitrogens with zero attached hydrogens (tertiary/aromatic N) is 7. The lowest BCUT2D eigenvalue weighted by Crippen LogP contribution is -2.34. The van der Waals surface area contributed by atoms with Crippen LogP contribution in [0.3, 0.4) is 0 Å². The van der Waals surface area contributed by atoms with Crippen LogP contribution in [0.15, 0.2) is 42.7 Å². The van der Waals surface area contributed by atoms with Crippen LogP contribution in [0.25, 0.3) is 5.82 Å². The smallest absolute Gasteiger partial charge is 0.352 e. The Kier molecular flexibility index (Phi) is 8.39. The van der Waals surface area contributed by atoms with Crippen LogP contribution in [0.4, 0.5) is 22.0 Å². The maximum absolute atomic E-state index is 13.7. The van der Waals surface area contributed by atoms with Crippen LogP contribution in [0.2, 0.25) is 5.02 Å². The minimum atomic E-state index is -5.87. The minimum absolute atomic E-state index is 0.0346. The number of nitriles is 1. The second-order valence-corrected chi connectivity index (χ2v) is 9.41. The molecule has 3 heterocycles. The molecule has 0 spiro atoms. The highest BCUT2D eigenvalue weighted by molar-refractivity contribution is 6.32. The Hall–Kier alpha value is -4.71. The first kappa shape index (κ1) is 30.3.